The maximum Gasteiger partial charge on any atom is 0.225 e. The third-order valence-electron chi connectivity index (χ3n) is 5.86. The van der Waals surface area contributed by atoms with Gasteiger partial charge in [-0.3, -0.25) is 4.79 Å². The Labute approximate surface area is 161 Å². The molecule has 0 aliphatic carbocycles. The summed E-state index contributed by atoms with van der Waals surface area (Å²) < 4.78 is 0. The molecule has 2 aliphatic heterocycles. The molecule has 2 aromatic rings. The number of rotatable bonds is 3. The summed E-state index contributed by atoms with van der Waals surface area (Å²) in [6.45, 7) is 5.89. The van der Waals surface area contributed by atoms with Crippen molar-refractivity contribution >= 4 is 11.7 Å². The Balaban J connectivity index is 1.39. The molecule has 2 fully saturated rings. The van der Waals surface area contributed by atoms with Gasteiger partial charge >= 0.3 is 0 Å². The fourth-order valence-electron chi connectivity index (χ4n) is 4.29. The van der Waals surface area contributed by atoms with Crippen LogP contribution in [-0.2, 0) is 4.79 Å². The Morgan fingerprint density at radius 2 is 1.81 bits per heavy atom. The second-order valence-electron chi connectivity index (χ2n) is 7.92. The minimum atomic E-state index is 0.169. The molecular weight excluding hydrogens is 336 g/mol. The van der Waals surface area contributed by atoms with Gasteiger partial charge in [-0.25, -0.2) is 9.97 Å². The predicted octanol–water partition coefficient (Wildman–Crippen LogP) is 3.62. The number of likely N-dealkylation sites (tertiary alicyclic amines) is 1. The largest absolute Gasteiger partial charge is 0.356 e. The molecule has 1 atom stereocenters. The van der Waals surface area contributed by atoms with Crippen molar-refractivity contribution in [3.8, 4) is 11.3 Å². The van der Waals surface area contributed by atoms with Crippen LogP contribution in [0.4, 0.5) is 5.82 Å². The minimum absolute atomic E-state index is 0.169. The zero-order valence-corrected chi connectivity index (χ0v) is 16.1. The zero-order chi connectivity index (χ0) is 18.6. The van der Waals surface area contributed by atoms with Gasteiger partial charge in [-0.15, -0.1) is 0 Å². The summed E-state index contributed by atoms with van der Waals surface area (Å²) in [6, 6.07) is 12.2. The van der Waals surface area contributed by atoms with Crippen LogP contribution < -0.4 is 4.90 Å². The maximum absolute atomic E-state index is 12.9. The molecule has 5 heteroatoms. The molecule has 0 spiro atoms. The van der Waals surface area contributed by atoms with Crippen LogP contribution in [-0.4, -0.2) is 47.0 Å². The first-order chi connectivity index (χ1) is 13.2. The molecular formula is C22H28N4O. The summed E-state index contributed by atoms with van der Waals surface area (Å²) in [6.07, 6.45) is 5.86. The molecule has 0 saturated carbocycles. The SMILES string of the molecule is CC1CCCN(C(=O)C2CCN(c3cc(-c4ccccc4)ncn3)CC2)C1. The number of carbonyl (C=O) groups excluding carboxylic acids is 1. The molecule has 1 aromatic carbocycles. The second-order valence-corrected chi connectivity index (χ2v) is 7.92. The standard InChI is InChI=1S/C22H28N4O/c1-17-6-5-11-26(15-17)22(27)19-9-12-25(13-10-19)21-14-20(23-16-24-21)18-7-3-2-4-8-18/h2-4,7-8,14,16-17,19H,5-6,9-13,15H2,1H3. The highest BCUT2D eigenvalue weighted by Gasteiger charge is 2.30. The van der Waals surface area contributed by atoms with E-state index in [9.17, 15) is 4.79 Å². The van der Waals surface area contributed by atoms with E-state index in [1.807, 2.05) is 18.2 Å². The van der Waals surface area contributed by atoms with Crippen LogP contribution >= 0.6 is 0 Å². The molecule has 2 aliphatic rings. The Morgan fingerprint density at radius 3 is 2.56 bits per heavy atom. The van der Waals surface area contributed by atoms with Gasteiger partial charge in [0.1, 0.15) is 12.1 Å². The predicted molar refractivity (Wildman–Crippen MR) is 107 cm³/mol. The van der Waals surface area contributed by atoms with Gasteiger partial charge in [-0.2, -0.15) is 0 Å². The third kappa shape index (κ3) is 4.12. The summed E-state index contributed by atoms with van der Waals surface area (Å²) in [5, 5.41) is 0. The molecule has 27 heavy (non-hydrogen) atoms. The van der Waals surface area contributed by atoms with E-state index in [2.05, 4.69) is 44.9 Å². The summed E-state index contributed by atoms with van der Waals surface area (Å²) in [5.41, 5.74) is 2.05. The molecule has 2 saturated heterocycles. The van der Waals surface area contributed by atoms with Crippen LogP contribution in [0.5, 0.6) is 0 Å². The molecule has 0 radical (unpaired) electrons. The van der Waals surface area contributed by atoms with E-state index >= 15 is 0 Å². The van der Waals surface area contributed by atoms with E-state index < -0.39 is 0 Å². The number of piperidine rings is 2. The maximum atomic E-state index is 12.9. The number of amides is 1. The molecule has 142 valence electrons. The first-order valence-corrected chi connectivity index (χ1v) is 10.1. The smallest absolute Gasteiger partial charge is 0.225 e. The van der Waals surface area contributed by atoms with Crippen LogP contribution in [0, 0.1) is 11.8 Å². The van der Waals surface area contributed by atoms with Gasteiger partial charge in [0.05, 0.1) is 5.69 Å². The average molecular weight is 364 g/mol. The highest BCUT2D eigenvalue weighted by Crippen LogP contribution is 2.27. The van der Waals surface area contributed by atoms with Crippen LogP contribution in [0.2, 0.25) is 0 Å². The van der Waals surface area contributed by atoms with Gasteiger partial charge in [0.15, 0.2) is 0 Å². The lowest BCUT2D eigenvalue weighted by molar-refractivity contribution is -0.137. The van der Waals surface area contributed by atoms with Crippen molar-refractivity contribution in [2.24, 2.45) is 11.8 Å². The van der Waals surface area contributed by atoms with E-state index in [1.54, 1.807) is 6.33 Å². The van der Waals surface area contributed by atoms with Crippen LogP contribution in [0.1, 0.15) is 32.6 Å². The molecule has 4 rings (SSSR count). The molecule has 5 nitrogen and oxygen atoms in total. The molecule has 3 heterocycles. The number of hydrogen-bond donors (Lipinski definition) is 0. The molecule has 1 unspecified atom stereocenters. The number of hydrogen-bond acceptors (Lipinski definition) is 4. The number of benzene rings is 1. The van der Waals surface area contributed by atoms with E-state index in [1.165, 1.54) is 6.42 Å². The van der Waals surface area contributed by atoms with E-state index in [0.717, 1.165) is 62.5 Å². The fraction of sp³-hybridized carbons (Fsp3) is 0.500. The Morgan fingerprint density at radius 1 is 1.04 bits per heavy atom. The summed E-state index contributed by atoms with van der Waals surface area (Å²) in [5.74, 6) is 2.14. The highest BCUT2D eigenvalue weighted by atomic mass is 16.2. The van der Waals surface area contributed by atoms with Crippen molar-refractivity contribution in [3.63, 3.8) is 0 Å². The first kappa shape index (κ1) is 18.0. The van der Waals surface area contributed by atoms with Gasteiger partial charge in [-0.05, 0) is 31.6 Å². The van der Waals surface area contributed by atoms with E-state index in [-0.39, 0.29) is 5.92 Å². The lowest BCUT2D eigenvalue weighted by Gasteiger charge is -2.37. The van der Waals surface area contributed by atoms with Crippen molar-refractivity contribution in [2.75, 3.05) is 31.1 Å². The fourth-order valence-corrected chi connectivity index (χ4v) is 4.29. The van der Waals surface area contributed by atoms with Crippen molar-refractivity contribution < 1.29 is 4.79 Å². The molecule has 0 N–H and O–H groups in total. The Kier molecular flexibility index (Phi) is 5.37. The van der Waals surface area contributed by atoms with Gasteiger partial charge in [0.2, 0.25) is 5.91 Å². The van der Waals surface area contributed by atoms with E-state index in [0.29, 0.717) is 11.8 Å². The molecule has 0 bridgehead atoms. The zero-order valence-electron chi connectivity index (χ0n) is 16.1. The lowest BCUT2D eigenvalue weighted by Crippen LogP contribution is -2.46. The summed E-state index contributed by atoms with van der Waals surface area (Å²) >= 11 is 0. The monoisotopic (exact) mass is 364 g/mol. The van der Waals surface area contributed by atoms with Gasteiger partial charge in [0.25, 0.3) is 0 Å². The third-order valence-corrected chi connectivity index (χ3v) is 5.86. The van der Waals surface area contributed by atoms with Gasteiger partial charge < -0.3 is 9.80 Å². The van der Waals surface area contributed by atoms with E-state index in [4.69, 9.17) is 0 Å². The van der Waals surface area contributed by atoms with Crippen molar-refractivity contribution in [3.05, 3.63) is 42.7 Å². The number of carbonyl (C=O) groups is 1. The quantitative estimate of drug-likeness (QED) is 0.835. The summed E-state index contributed by atoms with van der Waals surface area (Å²) in [7, 11) is 0. The Bertz CT molecular complexity index is 771. The van der Waals surface area contributed by atoms with Gasteiger partial charge in [0, 0.05) is 43.7 Å². The summed E-state index contributed by atoms with van der Waals surface area (Å²) in [4.78, 5) is 26.2. The lowest BCUT2D eigenvalue weighted by atomic mass is 9.92. The number of nitrogens with zero attached hydrogens (tertiary/aromatic N) is 4. The van der Waals surface area contributed by atoms with Crippen molar-refractivity contribution in [1.29, 1.82) is 0 Å². The van der Waals surface area contributed by atoms with Crippen LogP contribution in [0.15, 0.2) is 42.7 Å². The first-order valence-electron chi connectivity index (χ1n) is 10.1. The molecule has 1 aromatic heterocycles. The van der Waals surface area contributed by atoms with Crippen LogP contribution in [0.3, 0.4) is 0 Å². The normalized spacial score (nSPS) is 21.3. The highest BCUT2D eigenvalue weighted by molar-refractivity contribution is 5.79. The Hall–Kier alpha value is -2.43. The average Bonchev–Trinajstić information content (AvgIpc) is 2.74. The topological polar surface area (TPSA) is 49.3 Å². The van der Waals surface area contributed by atoms with Crippen molar-refractivity contribution in [2.45, 2.75) is 32.6 Å². The number of anilines is 1. The van der Waals surface area contributed by atoms with Crippen molar-refractivity contribution in [1.82, 2.24) is 14.9 Å². The minimum Gasteiger partial charge on any atom is -0.356 e. The van der Waals surface area contributed by atoms with Crippen LogP contribution in [0.25, 0.3) is 11.3 Å². The second kappa shape index (κ2) is 8.07. The molecule has 1 amide bonds. The number of aromatic nitrogens is 2. The van der Waals surface area contributed by atoms with Gasteiger partial charge in [-0.1, -0.05) is 37.3 Å².